The SMILES string of the molecule is CC/C=C\C/C=C\C/C=C\C/C=C\C/C=C\CCCCCCCCCCCCCC(=O)OCC(O)COP(=O)(O)OCC(O)COP(=O)(O)OCC(COC(=O)CCCCCCC/C=C\C/C=C\C/C=C\CC)OC(=O)CCCCCCCCCCCCC. The lowest BCUT2D eigenvalue weighted by atomic mass is 10.0. The lowest BCUT2D eigenvalue weighted by molar-refractivity contribution is -0.161. The highest BCUT2D eigenvalue weighted by Crippen LogP contribution is 2.45. The zero-order valence-electron chi connectivity index (χ0n) is 55.6. The van der Waals surface area contributed by atoms with E-state index in [2.05, 4.69) is 118 Å². The first-order chi connectivity index (χ1) is 43.2. The highest BCUT2D eigenvalue weighted by molar-refractivity contribution is 7.47. The third kappa shape index (κ3) is 65.8. The van der Waals surface area contributed by atoms with Crippen LogP contribution in [0.4, 0.5) is 0 Å². The predicted octanol–water partition coefficient (Wildman–Crippen LogP) is 19.1. The van der Waals surface area contributed by atoms with Crippen molar-refractivity contribution in [2.75, 3.05) is 39.6 Å². The number of rotatable bonds is 65. The van der Waals surface area contributed by atoms with Crippen LogP contribution in [0.2, 0.25) is 0 Å². The molecule has 514 valence electrons. The van der Waals surface area contributed by atoms with Gasteiger partial charge < -0.3 is 34.2 Å². The van der Waals surface area contributed by atoms with Gasteiger partial charge in [-0.15, -0.1) is 0 Å². The Morgan fingerprint density at radius 2 is 0.596 bits per heavy atom. The van der Waals surface area contributed by atoms with Gasteiger partial charge in [0.1, 0.15) is 25.4 Å². The molecule has 0 spiro atoms. The van der Waals surface area contributed by atoms with Crippen LogP contribution in [0.5, 0.6) is 0 Å². The van der Waals surface area contributed by atoms with E-state index in [1.807, 2.05) is 0 Å². The van der Waals surface area contributed by atoms with Crippen molar-refractivity contribution in [1.29, 1.82) is 0 Å². The van der Waals surface area contributed by atoms with Gasteiger partial charge >= 0.3 is 33.6 Å². The lowest BCUT2D eigenvalue weighted by Crippen LogP contribution is -2.30. The van der Waals surface area contributed by atoms with E-state index in [0.717, 1.165) is 135 Å². The molecular formula is C71H124O16P2. The van der Waals surface area contributed by atoms with Gasteiger partial charge in [0.2, 0.25) is 0 Å². The van der Waals surface area contributed by atoms with Crippen LogP contribution < -0.4 is 0 Å². The first-order valence-electron chi connectivity index (χ1n) is 34.5. The average molecular weight is 1300 g/mol. The summed E-state index contributed by atoms with van der Waals surface area (Å²) in [7, 11) is -9.77. The zero-order chi connectivity index (χ0) is 65.3. The molecule has 18 heteroatoms. The Balaban J connectivity index is 4.45. The number of carbonyl (C=O) groups is 3. The Morgan fingerprint density at radius 3 is 0.944 bits per heavy atom. The minimum absolute atomic E-state index is 0.103. The molecule has 0 aromatic heterocycles. The number of aliphatic hydroxyl groups is 2. The van der Waals surface area contributed by atoms with Crippen molar-refractivity contribution in [2.24, 2.45) is 0 Å². The monoisotopic (exact) mass is 1290 g/mol. The summed E-state index contributed by atoms with van der Waals surface area (Å²) in [6.45, 7) is 2.42. The van der Waals surface area contributed by atoms with E-state index in [-0.39, 0.29) is 19.3 Å². The molecule has 0 rings (SSSR count). The molecule has 4 N–H and O–H groups in total. The van der Waals surface area contributed by atoms with Gasteiger partial charge in [-0.05, 0) is 96.3 Å². The van der Waals surface area contributed by atoms with E-state index >= 15 is 0 Å². The number of phosphoric acid groups is 2. The molecule has 89 heavy (non-hydrogen) atoms. The highest BCUT2D eigenvalue weighted by Gasteiger charge is 2.29. The number of carbonyl (C=O) groups excluding carboxylic acids is 3. The predicted molar refractivity (Wildman–Crippen MR) is 362 cm³/mol. The van der Waals surface area contributed by atoms with Crippen LogP contribution in [0.1, 0.15) is 278 Å². The number of unbranched alkanes of at least 4 members (excludes halogenated alkanes) is 26. The molecule has 0 aliphatic carbocycles. The molecular weight excluding hydrogens is 1170 g/mol. The van der Waals surface area contributed by atoms with Crippen LogP contribution in [-0.4, -0.2) is 95.9 Å². The molecule has 16 nitrogen and oxygen atoms in total. The van der Waals surface area contributed by atoms with Gasteiger partial charge in [0.15, 0.2) is 6.10 Å². The van der Waals surface area contributed by atoms with Gasteiger partial charge in [0, 0.05) is 19.3 Å². The van der Waals surface area contributed by atoms with Crippen molar-refractivity contribution in [3.63, 3.8) is 0 Å². The smallest absolute Gasteiger partial charge is 0.463 e. The Labute approximate surface area is 539 Å². The maximum Gasteiger partial charge on any atom is 0.472 e. The molecule has 0 aliphatic heterocycles. The molecule has 0 saturated carbocycles. The topological polar surface area (TPSA) is 231 Å². The molecule has 0 aromatic carbocycles. The van der Waals surface area contributed by atoms with E-state index in [4.69, 9.17) is 32.3 Å². The van der Waals surface area contributed by atoms with Gasteiger partial charge in [-0.1, -0.05) is 259 Å². The van der Waals surface area contributed by atoms with Gasteiger partial charge in [-0.25, -0.2) is 9.13 Å². The molecule has 0 saturated heterocycles. The quantitative estimate of drug-likeness (QED) is 0.0146. The number of phosphoric ester groups is 2. The summed E-state index contributed by atoms with van der Waals surface area (Å²) in [6.07, 6.45) is 70.5. The largest absolute Gasteiger partial charge is 0.472 e. The van der Waals surface area contributed by atoms with Crippen molar-refractivity contribution >= 4 is 33.6 Å². The second-order valence-corrected chi connectivity index (χ2v) is 25.8. The Bertz CT molecular complexity index is 2010. The molecule has 5 unspecified atom stereocenters. The normalized spacial score (nSPS) is 14.8. The summed E-state index contributed by atoms with van der Waals surface area (Å²) in [4.78, 5) is 58.3. The molecule has 0 amide bonds. The van der Waals surface area contributed by atoms with Crippen molar-refractivity contribution in [3.05, 3.63) is 97.2 Å². The molecule has 0 heterocycles. The van der Waals surface area contributed by atoms with Crippen molar-refractivity contribution in [3.8, 4) is 0 Å². The maximum atomic E-state index is 12.9. The standard InChI is InChI=1S/C71H124O16P2/c1-4-7-10-13-16-19-22-24-26-27-28-29-30-31-32-33-34-35-36-37-39-41-43-45-48-51-54-57-69(74)81-60-66(72)61-83-88(77,78)84-62-67(73)63-85-89(79,80)86-65-68(87-71(76)59-56-53-50-47-42-21-18-15-12-9-6-3)64-82-70(75)58-55-52-49-46-44-40-38-25-23-20-17-14-11-8-5-2/h7-8,10-11,16-17,19-20,24-26,28-29,31-32,38,66-68,72-73H,4-6,9,12-15,18,21-23,27,30,33-37,39-65H2,1-3H3,(H,77,78)(H,79,80)/b10-7-,11-8-,19-16-,20-17-,26-24-,29-28-,32-31-,38-25-. The zero-order valence-corrected chi connectivity index (χ0v) is 57.4. The number of aliphatic hydroxyl groups excluding tert-OH is 2. The third-order valence-electron chi connectivity index (χ3n) is 14.3. The second-order valence-electron chi connectivity index (χ2n) is 22.9. The Morgan fingerprint density at radius 1 is 0.326 bits per heavy atom. The van der Waals surface area contributed by atoms with Crippen molar-refractivity contribution in [1.82, 2.24) is 0 Å². The van der Waals surface area contributed by atoms with Gasteiger partial charge in [0.25, 0.3) is 0 Å². The van der Waals surface area contributed by atoms with Gasteiger partial charge in [-0.3, -0.25) is 32.5 Å². The van der Waals surface area contributed by atoms with Crippen LogP contribution in [0.25, 0.3) is 0 Å². The molecule has 0 radical (unpaired) electrons. The van der Waals surface area contributed by atoms with E-state index in [9.17, 15) is 43.5 Å². The molecule has 0 bridgehead atoms. The van der Waals surface area contributed by atoms with E-state index in [0.29, 0.717) is 19.3 Å². The summed E-state index contributed by atoms with van der Waals surface area (Å²) >= 11 is 0. The van der Waals surface area contributed by atoms with E-state index in [1.54, 1.807) is 0 Å². The van der Waals surface area contributed by atoms with Crippen LogP contribution in [0.3, 0.4) is 0 Å². The fraction of sp³-hybridized carbons (Fsp3) is 0.732. The highest BCUT2D eigenvalue weighted by atomic mass is 31.2. The van der Waals surface area contributed by atoms with Crippen LogP contribution in [0, 0.1) is 0 Å². The van der Waals surface area contributed by atoms with E-state index < -0.39 is 91.5 Å². The van der Waals surface area contributed by atoms with Crippen molar-refractivity contribution in [2.45, 2.75) is 296 Å². The van der Waals surface area contributed by atoms with Crippen LogP contribution in [0.15, 0.2) is 97.2 Å². The summed E-state index contributed by atoms with van der Waals surface area (Å²) in [5.41, 5.74) is 0. The summed E-state index contributed by atoms with van der Waals surface area (Å²) in [6, 6.07) is 0. The molecule has 0 aliphatic rings. The number of allylic oxidation sites excluding steroid dienone is 16. The number of hydrogen-bond donors (Lipinski definition) is 4. The Hall–Kier alpha value is -3.53. The molecule has 5 atom stereocenters. The lowest BCUT2D eigenvalue weighted by Gasteiger charge is -2.21. The third-order valence-corrected chi connectivity index (χ3v) is 16.2. The first-order valence-corrected chi connectivity index (χ1v) is 37.5. The van der Waals surface area contributed by atoms with Crippen LogP contribution in [-0.2, 0) is 55.8 Å². The van der Waals surface area contributed by atoms with Gasteiger partial charge in [-0.2, -0.15) is 0 Å². The summed E-state index contributed by atoms with van der Waals surface area (Å²) in [5.74, 6) is -1.59. The summed E-state index contributed by atoms with van der Waals surface area (Å²) < 4.78 is 60.8. The summed E-state index contributed by atoms with van der Waals surface area (Å²) in [5, 5.41) is 20.5. The number of hydrogen-bond acceptors (Lipinski definition) is 14. The molecule has 0 aromatic rings. The van der Waals surface area contributed by atoms with Crippen LogP contribution >= 0.6 is 15.6 Å². The fourth-order valence-electron chi connectivity index (χ4n) is 9.08. The first kappa shape index (κ1) is 85.5. The number of ether oxygens (including phenoxy) is 3. The number of esters is 3. The van der Waals surface area contributed by atoms with Gasteiger partial charge in [0.05, 0.1) is 26.4 Å². The minimum atomic E-state index is -4.92. The minimum Gasteiger partial charge on any atom is -0.463 e. The second kappa shape index (κ2) is 64.6. The Kier molecular flexibility index (Phi) is 62.0. The van der Waals surface area contributed by atoms with Crippen molar-refractivity contribution < 1.29 is 75.8 Å². The maximum absolute atomic E-state index is 12.9. The molecule has 0 fully saturated rings. The average Bonchev–Trinajstić information content (AvgIpc) is 3.56. The van der Waals surface area contributed by atoms with E-state index in [1.165, 1.54) is 83.5 Å². The fourth-order valence-corrected chi connectivity index (χ4v) is 10.7.